The highest BCUT2D eigenvalue weighted by Gasteiger charge is 2.40. The highest BCUT2D eigenvalue weighted by Crippen LogP contribution is 2.45. The first-order chi connectivity index (χ1) is 7.80. The minimum absolute atomic E-state index is 0.0666. The average Bonchev–Trinajstić information content (AvgIpc) is 2.55. The molecular formula is C13H16BrNO2. The zero-order valence-electron chi connectivity index (χ0n) is 10.2. The lowest BCUT2D eigenvalue weighted by Gasteiger charge is -2.33. The molecule has 0 fully saturated rings. The standard InChI is InChI=1S/C13H16BrNO2/c1-13(2,3)11-10-5-4-9(14)6-8(10)7-15(11)12(16)17/h4-6,11H,7H2,1-3H3,(H,16,17). The van der Waals surface area contributed by atoms with Crippen LogP contribution in [0.1, 0.15) is 37.9 Å². The van der Waals surface area contributed by atoms with Crippen molar-refractivity contribution in [2.24, 2.45) is 5.41 Å². The van der Waals surface area contributed by atoms with Gasteiger partial charge in [-0.3, -0.25) is 4.90 Å². The van der Waals surface area contributed by atoms with Crippen molar-refractivity contribution in [3.05, 3.63) is 33.8 Å². The molecule has 3 nitrogen and oxygen atoms in total. The molecule has 0 aliphatic carbocycles. The summed E-state index contributed by atoms with van der Waals surface area (Å²) in [5.74, 6) is 0. The molecule has 4 heteroatoms. The third kappa shape index (κ3) is 2.18. The lowest BCUT2D eigenvalue weighted by atomic mass is 9.82. The number of fused-ring (bicyclic) bond motifs is 1. The molecule has 1 aromatic carbocycles. The van der Waals surface area contributed by atoms with Crippen LogP contribution in [0, 0.1) is 5.41 Å². The van der Waals surface area contributed by atoms with Gasteiger partial charge in [0.25, 0.3) is 0 Å². The molecule has 1 aromatic rings. The van der Waals surface area contributed by atoms with E-state index in [-0.39, 0.29) is 11.5 Å². The Labute approximate surface area is 110 Å². The number of nitrogens with zero attached hydrogens (tertiary/aromatic N) is 1. The Morgan fingerprint density at radius 2 is 2.12 bits per heavy atom. The Morgan fingerprint density at radius 1 is 1.47 bits per heavy atom. The smallest absolute Gasteiger partial charge is 0.408 e. The molecule has 0 saturated carbocycles. The van der Waals surface area contributed by atoms with Crippen LogP contribution in [0.25, 0.3) is 0 Å². The van der Waals surface area contributed by atoms with Crippen molar-refractivity contribution in [2.75, 3.05) is 0 Å². The zero-order valence-corrected chi connectivity index (χ0v) is 11.8. The van der Waals surface area contributed by atoms with Gasteiger partial charge in [-0.1, -0.05) is 42.8 Å². The van der Waals surface area contributed by atoms with Gasteiger partial charge in [0.2, 0.25) is 0 Å². The molecule has 1 heterocycles. The summed E-state index contributed by atoms with van der Waals surface area (Å²) in [6.45, 7) is 6.70. The van der Waals surface area contributed by atoms with Gasteiger partial charge in [-0.15, -0.1) is 0 Å². The predicted molar refractivity (Wildman–Crippen MR) is 69.9 cm³/mol. The summed E-state index contributed by atoms with van der Waals surface area (Å²) in [7, 11) is 0. The second kappa shape index (κ2) is 4.02. The molecule has 0 bridgehead atoms. The summed E-state index contributed by atoms with van der Waals surface area (Å²) < 4.78 is 0.996. The van der Waals surface area contributed by atoms with Crippen molar-refractivity contribution < 1.29 is 9.90 Å². The van der Waals surface area contributed by atoms with Gasteiger partial charge in [0.1, 0.15) is 0 Å². The summed E-state index contributed by atoms with van der Waals surface area (Å²) >= 11 is 3.43. The lowest BCUT2D eigenvalue weighted by molar-refractivity contribution is 0.0900. The maximum absolute atomic E-state index is 11.3. The number of benzene rings is 1. The number of halogens is 1. The van der Waals surface area contributed by atoms with Crippen molar-refractivity contribution in [3.8, 4) is 0 Å². The van der Waals surface area contributed by atoms with Gasteiger partial charge in [0.05, 0.1) is 12.6 Å². The molecule has 1 atom stereocenters. The van der Waals surface area contributed by atoms with Crippen LogP contribution in [0.5, 0.6) is 0 Å². The molecule has 0 spiro atoms. The molecule has 92 valence electrons. The van der Waals surface area contributed by atoms with Gasteiger partial charge in [0.15, 0.2) is 0 Å². The van der Waals surface area contributed by atoms with Crippen molar-refractivity contribution in [2.45, 2.75) is 33.4 Å². The van der Waals surface area contributed by atoms with E-state index in [1.165, 1.54) is 4.90 Å². The van der Waals surface area contributed by atoms with Gasteiger partial charge >= 0.3 is 6.09 Å². The first-order valence-corrected chi connectivity index (χ1v) is 6.38. The second-order valence-electron chi connectivity index (χ2n) is 5.52. The van der Waals surface area contributed by atoms with Crippen LogP contribution >= 0.6 is 15.9 Å². The fourth-order valence-electron chi connectivity index (χ4n) is 2.53. The van der Waals surface area contributed by atoms with Crippen LogP contribution in [0.2, 0.25) is 0 Å². The van der Waals surface area contributed by atoms with Gasteiger partial charge in [-0.25, -0.2) is 4.79 Å². The fraction of sp³-hybridized carbons (Fsp3) is 0.462. The van der Waals surface area contributed by atoms with E-state index in [4.69, 9.17) is 0 Å². The number of rotatable bonds is 0. The largest absolute Gasteiger partial charge is 0.465 e. The number of hydrogen-bond donors (Lipinski definition) is 1. The van der Waals surface area contributed by atoms with Crippen molar-refractivity contribution in [3.63, 3.8) is 0 Å². The van der Waals surface area contributed by atoms with Crippen LogP contribution in [0.15, 0.2) is 22.7 Å². The maximum atomic E-state index is 11.3. The highest BCUT2D eigenvalue weighted by molar-refractivity contribution is 9.10. The second-order valence-corrected chi connectivity index (χ2v) is 6.44. The molecular weight excluding hydrogens is 282 g/mol. The van der Waals surface area contributed by atoms with Crippen LogP contribution in [-0.4, -0.2) is 16.1 Å². The van der Waals surface area contributed by atoms with Crippen molar-refractivity contribution in [1.29, 1.82) is 0 Å². The van der Waals surface area contributed by atoms with E-state index in [9.17, 15) is 9.90 Å². The number of hydrogen-bond acceptors (Lipinski definition) is 1. The Bertz CT molecular complexity index is 465. The molecule has 1 N–H and O–H groups in total. The minimum atomic E-state index is -0.850. The van der Waals surface area contributed by atoms with Gasteiger partial charge in [-0.05, 0) is 28.7 Å². The molecule has 17 heavy (non-hydrogen) atoms. The Hall–Kier alpha value is -1.03. The molecule has 2 rings (SSSR count). The van der Waals surface area contributed by atoms with Gasteiger partial charge in [-0.2, -0.15) is 0 Å². The van der Waals surface area contributed by atoms with E-state index < -0.39 is 6.09 Å². The summed E-state index contributed by atoms with van der Waals surface area (Å²) in [4.78, 5) is 12.9. The van der Waals surface area contributed by atoms with Crippen LogP contribution < -0.4 is 0 Å². The Balaban J connectivity index is 2.51. The minimum Gasteiger partial charge on any atom is -0.465 e. The number of carboxylic acid groups (broad SMARTS) is 1. The molecule has 1 unspecified atom stereocenters. The SMILES string of the molecule is CC(C)(C)C1c2ccc(Br)cc2CN1C(=O)O. The number of amides is 1. The fourth-order valence-corrected chi connectivity index (χ4v) is 2.94. The third-order valence-electron chi connectivity index (χ3n) is 3.12. The maximum Gasteiger partial charge on any atom is 0.408 e. The average molecular weight is 298 g/mol. The van der Waals surface area contributed by atoms with Crippen LogP contribution in [0.4, 0.5) is 4.79 Å². The molecule has 0 aromatic heterocycles. The van der Waals surface area contributed by atoms with Gasteiger partial charge in [0, 0.05) is 4.47 Å². The van der Waals surface area contributed by atoms with E-state index in [0.29, 0.717) is 6.54 Å². The Morgan fingerprint density at radius 3 is 2.65 bits per heavy atom. The zero-order chi connectivity index (χ0) is 12.8. The van der Waals surface area contributed by atoms with E-state index in [2.05, 4.69) is 36.7 Å². The van der Waals surface area contributed by atoms with Crippen molar-refractivity contribution in [1.82, 2.24) is 4.90 Å². The topological polar surface area (TPSA) is 40.5 Å². The van der Waals surface area contributed by atoms with Gasteiger partial charge < -0.3 is 5.11 Å². The number of carbonyl (C=O) groups is 1. The third-order valence-corrected chi connectivity index (χ3v) is 3.61. The lowest BCUT2D eigenvalue weighted by Crippen LogP contribution is -2.35. The summed E-state index contributed by atoms with van der Waals surface area (Å²) in [5.41, 5.74) is 2.13. The van der Waals surface area contributed by atoms with E-state index >= 15 is 0 Å². The summed E-state index contributed by atoms with van der Waals surface area (Å²) in [5, 5.41) is 9.30. The molecule has 1 amide bonds. The first kappa shape index (κ1) is 12.4. The van der Waals surface area contributed by atoms with E-state index in [1.54, 1.807) is 0 Å². The van der Waals surface area contributed by atoms with Crippen LogP contribution in [-0.2, 0) is 6.54 Å². The van der Waals surface area contributed by atoms with E-state index in [0.717, 1.165) is 15.6 Å². The Kier molecular flexibility index (Phi) is 2.94. The predicted octanol–water partition coefficient (Wildman–Crippen LogP) is 4.03. The first-order valence-electron chi connectivity index (χ1n) is 5.58. The molecule has 0 radical (unpaired) electrons. The van der Waals surface area contributed by atoms with Crippen molar-refractivity contribution >= 4 is 22.0 Å². The summed E-state index contributed by atoms with van der Waals surface area (Å²) in [6, 6.07) is 5.95. The molecule has 1 aliphatic heterocycles. The highest BCUT2D eigenvalue weighted by atomic mass is 79.9. The van der Waals surface area contributed by atoms with E-state index in [1.807, 2.05) is 18.2 Å². The normalized spacial score (nSPS) is 19.3. The quantitative estimate of drug-likeness (QED) is 0.785. The molecule has 1 aliphatic rings. The monoisotopic (exact) mass is 297 g/mol. The summed E-state index contributed by atoms with van der Waals surface area (Å²) in [6.07, 6.45) is -0.850. The molecule has 0 saturated heterocycles. The van der Waals surface area contributed by atoms with Crippen LogP contribution in [0.3, 0.4) is 0 Å².